The summed E-state index contributed by atoms with van der Waals surface area (Å²) in [5, 5.41) is 12.5. The van der Waals surface area contributed by atoms with Crippen LogP contribution >= 0.6 is 0 Å². The fourth-order valence-corrected chi connectivity index (χ4v) is 5.10. The quantitative estimate of drug-likeness (QED) is 0.394. The average Bonchev–Trinajstić information content (AvgIpc) is 3.50. The number of amides is 2. The van der Waals surface area contributed by atoms with E-state index in [0.29, 0.717) is 31.1 Å². The van der Waals surface area contributed by atoms with Gasteiger partial charge in [0.05, 0.1) is 24.0 Å². The summed E-state index contributed by atoms with van der Waals surface area (Å²) in [7, 11) is 1.59. The van der Waals surface area contributed by atoms with Crippen molar-refractivity contribution in [3.63, 3.8) is 0 Å². The fraction of sp³-hybridized carbons (Fsp3) is 0.379. The Labute approximate surface area is 226 Å². The van der Waals surface area contributed by atoms with Gasteiger partial charge in [-0.25, -0.2) is 18.3 Å². The van der Waals surface area contributed by atoms with Gasteiger partial charge in [0.2, 0.25) is 0 Å². The predicted molar refractivity (Wildman–Crippen MR) is 144 cm³/mol. The zero-order valence-electron chi connectivity index (χ0n) is 22.1. The molecule has 2 heterocycles. The maximum atomic E-state index is 14.0. The molecule has 2 amide bonds. The van der Waals surface area contributed by atoms with Crippen molar-refractivity contribution in [3.8, 4) is 5.69 Å². The van der Waals surface area contributed by atoms with Gasteiger partial charge < -0.3 is 10.1 Å². The summed E-state index contributed by atoms with van der Waals surface area (Å²) in [6.07, 6.45) is 5.77. The van der Waals surface area contributed by atoms with Gasteiger partial charge in [-0.05, 0) is 68.0 Å². The number of rotatable bonds is 8. The third kappa shape index (κ3) is 6.03. The van der Waals surface area contributed by atoms with Crippen LogP contribution in [0.2, 0.25) is 0 Å². The molecular formula is C29H33F2N5O3. The second-order valence-electron chi connectivity index (χ2n) is 9.83. The molecule has 1 fully saturated rings. The minimum atomic E-state index is -0.971. The minimum absolute atomic E-state index is 0.343. The van der Waals surface area contributed by atoms with Crippen LogP contribution in [0.5, 0.6) is 0 Å². The second kappa shape index (κ2) is 12.1. The molecule has 2 aromatic carbocycles. The maximum absolute atomic E-state index is 14.0. The number of ether oxygens (including phenoxy) is 1. The number of nitrogens with one attached hydrogen (secondary N) is 2. The number of nitrogens with zero attached hydrogens (tertiary/aromatic N) is 3. The number of para-hydroxylation sites is 1. The molecule has 2 atom stereocenters. The number of allylic oxidation sites excluding steroid dienone is 2. The Hall–Kier alpha value is -3.60. The predicted octanol–water partition coefficient (Wildman–Crippen LogP) is 5.54. The summed E-state index contributed by atoms with van der Waals surface area (Å²) in [6, 6.07) is 12.3. The number of halogens is 2. The SMILES string of the molecule is COCCN1C[C@@H](NC(=O)Nc2c(C)c(C3=CCCCC3)nn2-c2ccccc2)[C@H](c2ccc(F)c(F)c2)O1. The highest BCUT2D eigenvalue weighted by molar-refractivity contribution is 5.90. The van der Waals surface area contributed by atoms with Crippen molar-refractivity contribution in [2.45, 2.75) is 44.8 Å². The number of hydrogen-bond donors (Lipinski definition) is 2. The van der Waals surface area contributed by atoms with Crippen molar-refractivity contribution < 1.29 is 23.1 Å². The lowest BCUT2D eigenvalue weighted by atomic mass is 9.95. The van der Waals surface area contributed by atoms with Crippen molar-refractivity contribution in [2.24, 2.45) is 0 Å². The van der Waals surface area contributed by atoms with Gasteiger partial charge in [0.15, 0.2) is 11.6 Å². The topological polar surface area (TPSA) is 80.7 Å². The van der Waals surface area contributed by atoms with Gasteiger partial charge in [-0.15, -0.1) is 0 Å². The highest BCUT2D eigenvalue weighted by Crippen LogP contribution is 2.34. The van der Waals surface area contributed by atoms with E-state index >= 15 is 0 Å². The fourth-order valence-electron chi connectivity index (χ4n) is 5.10. The van der Waals surface area contributed by atoms with E-state index in [1.165, 1.54) is 18.1 Å². The minimum Gasteiger partial charge on any atom is -0.383 e. The van der Waals surface area contributed by atoms with Crippen LogP contribution in [0.4, 0.5) is 19.4 Å². The van der Waals surface area contributed by atoms with Gasteiger partial charge in [-0.2, -0.15) is 10.2 Å². The third-order valence-electron chi connectivity index (χ3n) is 7.11. The molecule has 0 bridgehead atoms. The maximum Gasteiger partial charge on any atom is 0.320 e. The van der Waals surface area contributed by atoms with Gasteiger partial charge >= 0.3 is 6.03 Å². The summed E-state index contributed by atoms with van der Waals surface area (Å²) in [6.45, 7) is 3.17. The first kappa shape index (κ1) is 27.0. The highest BCUT2D eigenvalue weighted by Gasteiger charge is 2.37. The van der Waals surface area contributed by atoms with Gasteiger partial charge in [-0.1, -0.05) is 30.3 Å². The first-order valence-electron chi connectivity index (χ1n) is 13.2. The van der Waals surface area contributed by atoms with E-state index in [0.717, 1.165) is 48.3 Å². The van der Waals surface area contributed by atoms with E-state index < -0.39 is 29.8 Å². The zero-order valence-corrected chi connectivity index (χ0v) is 22.1. The van der Waals surface area contributed by atoms with Crippen molar-refractivity contribution in [1.82, 2.24) is 20.2 Å². The van der Waals surface area contributed by atoms with E-state index in [1.807, 2.05) is 37.3 Å². The number of anilines is 1. The van der Waals surface area contributed by atoms with Gasteiger partial charge in [-0.3, -0.25) is 10.2 Å². The summed E-state index contributed by atoms with van der Waals surface area (Å²) in [4.78, 5) is 19.4. The van der Waals surface area contributed by atoms with Crippen LogP contribution in [0.15, 0.2) is 54.6 Å². The summed E-state index contributed by atoms with van der Waals surface area (Å²) in [5.74, 6) is -1.34. The molecule has 2 N–H and O–H groups in total. The lowest BCUT2D eigenvalue weighted by Gasteiger charge is -2.20. The van der Waals surface area contributed by atoms with Gasteiger partial charge in [0, 0.05) is 25.8 Å². The van der Waals surface area contributed by atoms with Crippen LogP contribution in [-0.2, 0) is 9.57 Å². The molecule has 8 nitrogen and oxygen atoms in total. The molecule has 0 spiro atoms. The number of benzene rings is 2. The van der Waals surface area contributed by atoms with Crippen LogP contribution in [0.25, 0.3) is 11.3 Å². The molecule has 0 radical (unpaired) electrons. The number of hydrogen-bond acceptors (Lipinski definition) is 5. The molecule has 1 aromatic heterocycles. The molecular weight excluding hydrogens is 504 g/mol. The Morgan fingerprint density at radius 1 is 1.15 bits per heavy atom. The lowest BCUT2D eigenvalue weighted by molar-refractivity contribution is -0.154. The van der Waals surface area contributed by atoms with E-state index in [-0.39, 0.29) is 0 Å². The van der Waals surface area contributed by atoms with Crippen molar-refractivity contribution in [3.05, 3.63) is 83.1 Å². The van der Waals surface area contributed by atoms with Crippen LogP contribution in [-0.4, -0.2) is 53.7 Å². The monoisotopic (exact) mass is 537 g/mol. The largest absolute Gasteiger partial charge is 0.383 e. The Balaban J connectivity index is 1.40. The molecule has 5 rings (SSSR count). The van der Waals surface area contributed by atoms with E-state index in [2.05, 4.69) is 16.7 Å². The Kier molecular flexibility index (Phi) is 8.35. The number of urea groups is 1. The molecule has 0 unspecified atom stereocenters. The van der Waals surface area contributed by atoms with Crippen LogP contribution in [0, 0.1) is 18.6 Å². The molecule has 10 heteroatoms. The molecule has 1 aliphatic carbocycles. The van der Waals surface area contributed by atoms with E-state index in [1.54, 1.807) is 16.9 Å². The summed E-state index contributed by atoms with van der Waals surface area (Å²) in [5.41, 5.74) is 4.20. The van der Waals surface area contributed by atoms with Crippen LogP contribution < -0.4 is 10.6 Å². The normalized spacial score (nSPS) is 19.6. The van der Waals surface area contributed by atoms with E-state index in [4.69, 9.17) is 14.7 Å². The molecule has 1 aliphatic heterocycles. The van der Waals surface area contributed by atoms with Crippen LogP contribution in [0.1, 0.15) is 48.6 Å². The summed E-state index contributed by atoms with van der Waals surface area (Å²) >= 11 is 0. The number of aromatic nitrogens is 2. The Bertz CT molecular complexity index is 1340. The highest BCUT2D eigenvalue weighted by atomic mass is 19.2. The summed E-state index contributed by atoms with van der Waals surface area (Å²) < 4.78 is 34.5. The Morgan fingerprint density at radius 3 is 2.69 bits per heavy atom. The number of carbonyl (C=O) groups excluding carboxylic acids is 1. The third-order valence-corrected chi connectivity index (χ3v) is 7.11. The van der Waals surface area contributed by atoms with Crippen molar-refractivity contribution in [2.75, 3.05) is 32.1 Å². The Morgan fingerprint density at radius 2 is 1.97 bits per heavy atom. The molecule has 0 saturated carbocycles. The second-order valence-corrected chi connectivity index (χ2v) is 9.83. The van der Waals surface area contributed by atoms with Crippen molar-refractivity contribution >= 4 is 17.4 Å². The van der Waals surface area contributed by atoms with E-state index in [9.17, 15) is 13.6 Å². The van der Waals surface area contributed by atoms with Gasteiger partial charge in [0.25, 0.3) is 0 Å². The number of carbonyl (C=O) groups is 1. The first-order chi connectivity index (χ1) is 18.9. The smallest absolute Gasteiger partial charge is 0.320 e. The van der Waals surface area contributed by atoms with Gasteiger partial charge in [0.1, 0.15) is 11.9 Å². The number of hydroxylamine groups is 2. The lowest BCUT2D eigenvalue weighted by Crippen LogP contribution is -2.42. The first-order valence-corrected chi connectivity index (χ1v) is 13.2. The molecule has 3 aromatic rings. The molecule has 1 saturated heterocycles. The average molecular weight is 538 g/mol. The van der Waals surface area contributed by atoms with Crippen LogP contribution in [0.3, 0.4) is 0 Å². The standard InChI is InChI=1S/C29H33F2N5O3/c1-19-26(20-9-5-3-6-10-20)34-36(22-11-7-4-8-12-22)28(19)33-29(37)32-25-18-35(15-16-38-2)39-27(25)21-13-14-23(30)24(31)17-21/h4,7-9,11-14,17,25,27H,3,5-6,10,15-16,18H2,1-2H3,(H2,32,33,37)/t25-,27+/m1/s1. The number of methoxy groups -OCH3 is 1. The molecule has 206 valence electrons. The van der Waals surface area contributed by atoms with Crippen molar-refractivity contribution in [1.29, 1.82) is 0 Å². The zero-order chi connectivity index (χ0) is 27.4. The molecule has 39 heavy (non-hydrogen) atoms. The molecule has 2 aliphatic rings.